The highest BCUT2D eigenvalue weighted by Gasteiger charge is 2.25. The first-order valence-electron chi connectivity index (χ1n) is 10.7. The van der Waals surface area contributed by atoms with Crippen molar-refractivity contribution in [3.05, 3.63) is 29.8 Å². The summed E-state index contributed by atoms with van der Waals surface area (Å²) in [5.74, 6) is 1.81. The number of aliphatic imine (C=N–C) groups is 1. The van der Waals surface area contributed by atoms with Crippen molar-refractivity contribution in [3.8, 4) is 5.75 Å². The highest BCUT2D eigenvalue weighted by atomic mass is 16.5. The van der Waals surface area contributed by atoms with Crippen LogP contribution in [0.1, 0.15) is 51.6 Å². The maximum atomic E-state index is 5.63. The molecule has 1 atom stereocenters. The SMILES string of the molecule is CCNC(=NCC(c1ccccc1OC)N1CCCC1)NCCCOC(C)C. The molecule has 0 aromatic heterocycles. The van der Waals surface area contributed by atoms with Gasteiger partial charge >= 0.3 is 0 Å². The number of benzene rings is 1. The second-order valence-corrected chi connectivity index (χ2v) is 7.42. The molecular formula is C22H38N4O2. The maximum absolute atomic E-state index is 5.63. The van der Waals surface area contributed by atoms with Gasteiger partial charge in [0, 0.05) is 25.3 Å². The molecule has 0 aliphatic carbocycles. The summed E-state index contributed by atoms with van der Waals surface area (Å²) in [5, 5.41) is 6.79. The van der Waals surface area contributed by atoms with E-state index in [1.165, 1.54) is 18.4 Å². The summed E-state index contributed by atoms with van der Waals surface area (Å²) in [6.07, 6.45) is 3.75. The molecule has 1 saturated heterocycles. The zero-order valence-electron chi connectivity index (χ0n) is 18.0. The zero-order chi connectivity index (χ0) is 20.2. The van der Waals surface area contributed by atoms with Crippen LogP contribution in [-0.4, -0.2) is 63.4 Å². The topological polar surface area (TPSA) is 58.1 Å². The summed E-state index contributed by atoms with van der Waals surface area (Å²) in [7, 11) is 1.74. The predicted molar refractivity (Wildman–Crippen MR) is 116 cm³/mol. The van der Waals surface area contributed by atoms with Crippen LogP contribution in [0, 0.1) is 0 Å². The van der Waals surface area contributed by atoms with Crippen LogP contribution in [0.3, 0.4) is 0 Å². The van der Waals surface area contributed by atoms with Crippen LogP contribution in [0.25, 0.3) is 0 Å². The second kappa shape index (κ2) is 12.6. The van der Waals surface area contributed by atoms with E-state index in [2.05, 4.69) is 48.4 Å². The molecule has 1 aliphatic rings. The van der Waals surface area contributed by atoms with Gasteiger partial charge in [0.2, 0.25) is 0 Å². The minimum Gasteiger partial charge on any atom is -0.496 e. The second-order valence-electron chi connectivity index (χ2n) is 7.42. The summed E-state index contributed by atoms with van der Waals surface area (Å²) in [5.41, 5.74) is 1.22. The smallest absolute Gasteiger partial charge is 0.191 e. The van der Waals surface area contributed by atoms with Crippen molar-refractivity contribution in [1.82, 2.24) is 15.5 Å². The summed E-state index contributed by atoms with van der Waals surface area (Å²) in [6.45, 7) is 11.6. The minimum absolute atomic E-state index is 0.235. The average Bonchev–Trinajstić information content (AvgIpc) is 3.22. The third-order valence-corrected chi connectivity index (χ3v) is 4.91. The van der Waals surface area contributed by atoms with Gasteiger partial charge in [-0.05, 0) is 59.2 Å². The van der Waals surface area contributed by atoms with Crippen LogP contribution >= 0.6 is 0 Å². The Labute approximate surface area is 170 Å². The lowest BCUT2D eigenvalue weighted by atomic mass is 10.0. The number of guanidine groups is 1. The number of rotatable bonds is 11. The van der Waals surface area contributed by atoms with Crippen LogP contribution in [0.4, 0.5) is 0 Å². The van der Waals surface area contributed by atoms with E-state index in [0.29, 0.717) is 6.54 Å². The Morgan fingerprint density at radius 2 is 1.93 bits per heavy atom. The van der Waals surface area contributed by atoms with Gasteiger partial charge in [-0.1, -0.05) is 18.2 Å². The van der Waals surface area contributed by atoms with E-state index in [4.69, 9.17) is 14.5 Å². The van der Waals surface area contributed by atoms with E-state index in [1.807, 2.05) is 12.1 Å². The Balaban J connectivity index is 2.03. The van der Waals surface area contributed by atoms with Crippen molar-refractivity contribution in [1.29, 1.82) is 0 Å². The normalized spacial score (nSPS) is 16.4. The molecule has 2 N–H and O–H groups in total. The van der Waals surface area contributed by atoms with E-state index >= 15 is 0 Å². The van der Waals surface area contributed by atoms with E-state index in [9.17, 15) is 0 Å². The largest absolute Gasteiger partial charge is 0.496 e. The molecule has 1 fully saturated rings. The van der Waals surface area contributed by atoms with Crippen LogP contribution in [0.2, 0.25) is 0 Å². The minimum atomic E-state index is 0.235. The van der Waals surface area contributed by atoms with Gasteiger partial charge in [0.15, 0.2) is 5.96 Å². The molecule has 0 saturated carbocycles. The molecular weight excluding hydrogens is 352 g/mol. The molecule has 2 rings (SSSR count). The third-order valence-electron chi connectivity index (χ3n) is 4.91. The molecule has 0 spiro atoms. The van der Waals surface area contributed by atoms with Gasteiger partial charge in [-0.2, -0.15) is 0 Å². The van der Waals surface area contributed by atoms with Crippen LogP contribution in [0.5, 0.6) is 5.75 Å². The molecule has 1 unspecified atom stereocenters. The average molecular weight is 391 g/mol. The van der Waals surface area contributed by atoms with Gasteiger partial charge in [-0.25, -0.2) is 0 Å². The van der Waals surface area contributed by atoms with Crippen LogP contribution in [-0.2, 0) is 4.74 Å². The van der Waals surface area contributed by atoms with E-state index in [0.717, 1.165) is 50.9 Å². The Morgan fingerprint density at radius 1 is 1.18 bits per heavy atom. The van der Waals surface area contributed by atoms with Crippen molar-refractivity contribution in [2.45, 2.75) is 52.2 Å². The van der Waals surface area contributed by atoms with Crippen molar-refractivity contribution < 1.29 is 9.47 Å². The zero-order valence-corrected chi connectivity index (χ0v) is 18.0. The highest BCUT2D eigenvalue weighted by Crippen LogP contribution is 2.31. The monoisotopic (exact) mass is 390 g/mol. The molecule has 1 aliphatic heterocycles. The molecule has 28 heavy (non-hydrogen) atoms. The van der Waals surface area contributed by atoms with Crippen molar-refractivity contribution in [2.24, 2.45) is 4.99 Å². The summed E-state index contributed by atoms with van der Waals surface area (Å²) in [6, 6.07) is 8.56. The lowest BCUT2D eigenvalue weighted by Gasteiger charge is -2.28. The quantitative estimate of drug-likeness (QED) is 0.345. The lowest BCUT2D eigenvalue weighted by molar-refractivity contribution is 0.0776. The van der Waals surface area contributed by atoms with Gasteiger partial charge in [-0.15, -0.1) is 0 Å². The van der Waals surface area contributed by atoms with E-state index in [1.54, 1.807) is 7.11 Å². The number of para-hydroxylation sites is 1. The number of ether oxygens (including phenoxy) is 2. The number of nitrogens with zero attached hydrogens (tertiary/aromatic N) is 2. The lowest BCUT2D eigenvalue weighted by Crippen LogP contribution is -2.39. The van der Waals surface area contributed by atoms with Gasteiger partial charge < -0.3 is 20.1 Å². The number of hydrogen-bond acceptors (Lipinski definition) is 4. The fraction of sp³-hybridized carbons (Fsp3) is 0.682. The Hall–Kier alpha value is -1.79. The molecule has 0 amide bonds. The number of hydrogen-bond donors (Lipinski definition) is 2. The standard InChI is InChI=1S/C22H38N4O2/c1-5-23-22(24-13-10-16-28-18(2)3)25-17-20(26-14-8-9-15-26)19-11-6-7-12-21(19)27-4/h6-7,11-12,18,20H,5,8-10,13-17H2,1-4H3,(H2,23,24,25). The van der Waals surface area contributed by atoms with Crippen molar-refractivity contribution in [3.63, 3.8) is 0 Å². The predicted octanol–water partition coefficient (Wildman–Crippen LogP) is 3.20. The van der Waals surface area contributed by atoms with Gasteiger partial charge in [0.05, 0.1) is 25.8 Å². The Kier molecular flexibility index (Phi) is 10.1. The number of likely N-dealkylation sites (tertiary alicyclic amines) is 1. The van der Waals surface area contributed by atoms with Crippen molar-refractivity contribution in [2.75, 3.05) is 46.4 Å². The fourth-order valence-electron chi connectivity index (χ4n) is 3.52. The number of nitrogens with one attached hydrogen (secondary N) is 2. The Bertz CT molecular complexity index is 586. The van der Waals surface area contributed by atoms with Crippen LogP contribution in [0.15, 0.2) is 29.3 Å². The Morgan fingerprint density at radius 3 is 2.61 bits per heavy atom. The third kappa shape index (κ3) is 7.32. The van der Waals surface area contributed by atoms with Gasteiger partial charge in [0.25, 0.3) is 0 Å². The van der Waals surface area contributed by atoms with Gasteiger partial charge in [-0.3, -0.25) is 9.89 Å². The first-order chi connectivity index (χ1) is 13.7. The summed E-state index contributed by atoms with van der Waals surface area (Å²) < 4.78 is 11.2. The van der Waals surface area contributed by atoms with Gasteiger partial charge in [0.1, 0.15) is 5.75 Å². The summed E-state index contributed by atoms with van der Waals surface area (Å²) in [4.78, 5) is 7.43. The summed E-state index contributed by atoms with van der Waals surface area (Å²) >= 11 is 0. The molecule has 1 heterocycles. The molecule has 1 aromatic rings. The molecule has 0 bridgehead atoms. The molecule has 158 valence electrons. The first-order valence-corrected chi connectivity index (χ1v) is 10.7. The first kappa shape index (κ1) is 22.5. The molecule has 1 aromatic carbocycles. The highest BCUT2D eigenvalue weighted by molar-refractivity contribution is 5.79. The molecule has 0 radical (unpaired) electrons. The molecule has 6 nitrogen and oxygen atoms in total. The van der Waals surface area contributed by atoms with Crippen LogP contribution < -0.4 is 15.4 Å². The van der Waals surface area contributed by atoms with Crippen molar-refractivity contribution >= 4 is 5.96 Å². The number of methoxy groups -OCH3 is 1. The fourth-order valence-corrected chi connectivity index (χ4v) is 3.52. The maximum Gasteiger partial charge on any atom is 0.191 e. The van der Waals surface area contributed by atoms with E-state index in [-0.39, 0.29) is 12.1 Å². The molecule has 6 heteroatoms. The van der Waals surface area contributed by atoms with E-state index < -0.39 is 0 Å².